The molecule has 24 heavy (non-hydrogen) atoms. The first kappa shape index (κ1) is 18.9. The van der Waals surface area contributed by atoms with Gasteiger partial charge >= 0.3 is 0 Å². The van der Waals surface area contributed by atoms with Crippen molar-refractivity contribution in [3.63, 3.8) is 0 Å². The number of nitrogens with zero attached hydrogens (tertiary/aromatic N) is 2. The van der Waals surface area contributed by atoms with E-state index in [1.165, 1.54) is 16.7 Å². The molecule has 5 nitrogen and oxygen atoms in total. The Labute approximate surface area is 145 Å². The first-order chi connectivity index (χ1) is 11.2. The molecule has 1 amide bonds. The summed E-state index contributed by atoms with van der Waals surface area (Å²) in [4.78, 5) is 16.3. The van der Waals surface area contributed by atoms with E-state index in [4.69, 9.17) is 0 Å². The van der Waals surface area contributed by atoms with Crippen LogP contribution in [-0.4, -0.2) is 61.8 Å². The molecule has 1 atom stereocenters. The van der Waals surface area contributed by atoms with E-state index in [1.807, 2.05) is 18.9 Å². The zero-order valence-electron chi connectivity index (χ0n) is 15.1. The number of benzene rings is 1. The zero-order chi connectivity index (χ0) is 17.9. The van der Waals surface area contributed by atoms with Crippen LogP contribution in [0, 0.1) is 13.8 Å². The fraction of sp³-hybridized carbons (Fsp3) is 0.611. The third-order valence-electron chi connectivity index (χ3n) is 4.65. The molecule has 0 radical (unpaired) electrons. The van der Waals surface area contributed by atoms with E-state index >= 15 is 0 Å². The minimum Gasteiger partial charge on any atom is -0.338 e. The summed E-state index contributed by atoms with van der Waals surface area (Å²) in [6.45, 7) is 7.62. The summed E-state index contributed by atoms with van der Waals surface area (Å²) in [6, 6.07) is 6.17. The molecular formula is C18H28N2O3S. The Balaban J connectivity index is 1.97. The van der Waals surface area contributed by atoms with Crippen LogP contribution in [0.5, 0.6) is 0 Å². The largest absolute Gasteiger partial charge is 0.338 e. The van der Waals surface area contributed by atoms with Crippen LogP contribution in [0.3, 0.4) is 0 Å². The van der Waals surface area contributed by atoms with Crippen molar-refractivity contribution in [3.05, 3.63) is 34.9 Å². The Bertz CT molecular complexity index is 700. The smallest absolute Gasteiger partial charge is 0.237 e. The summed E-state index contributed by atoms with van der Waals surface area (Å²) in [6.07, 6.45) is 0.558. The lowest BCUT2D eigenvalue weighted by molar-refractivity contribution is -0.133. The second-order valence-corrected chi connectivity index (χ2v) is 9.07. The molecule has 1 aliphatic heterocycles. The minimum atomic E-state index is -2.98. The predicted octanol–water partition coefficient (Wildman–Crippen LogP) is 1.77. The van der Waals surface area contributed by atoms with Crippen LogP contribution in [0.4, 0.5) is 0 Å². The van der Waals surface area contributed by atoms with E-state index in [0.717, 1.165) is 0 Å². The number of hydrogen-bond donors (Lipinski definition) is 0. The maximum Gasteiger partial charge on any atom is 0.237 e. The molecule has 0 unspecified atom stereocenters. The number of carbonyl (C=O) groups excluding carboxylic acids is 1. The fourth-order valence-electron chi connectivity index (χ4n) is 3.35. The standard InChI is InChI=1S/C18H28N2O3S/c1-5-20(17-8-9-24(22,23)13-17)18(21)12-19(4)11-16-7-6-14(2)10-15(16)3/h6-7,10,17H,5,8-9,11-13H2,1-4H3/t17-/m1/s1. The van der Waals surface area contributed by atoms with Gasteiger partial charge in [0.2, 0.25) is 5.91 Å². The van der Waals surface area contributed by atoms with Gasteiger partial charge in [0.1, 0.15) is 0 Å². The minimum absolute atomic E-state index is 0.00636. The van der Waals surface area contributed by atoms with Crippen LogP contribution >= 0.6 is 0 Å². The average Bonchev–Trinajstić information content (AvgIpc) is 2.82. The number of rotatable bonds is 6. The molecule has 1 fully saturated rings. The van der Waals surface area contributed by atoms with Crippen molar-refractivity contribution in [3.8, 4) is 0 Å². The SMILES string of the molecule is CCN(C(=O)CN(C)Cc1ccc(C)cc1C)[C@@H]1CCS(=O)(=O)C1. The highest BCUT2D eigenvalue weighted by Gasteiger charge is 2.33. The summed E-state index contributed by atoms with van der Waals surface area (Å²) >= 11 is 0. The normalized spacial score (nSPS) is 19.6. The lowest BCUT2D eigenvalue weighted by Gasteiger charge is -2.29. The van der Waals surface area contributed by atoms with E-state index < -0.39 is 9.84 Å². The van der Waals surface area contributed by atoms with E-state index in [2.05, 4.69) is 32.0 Å². The Morgan fingerprint density at radius 2 is 2.00 bits per heavy atom. The number of sulfone groups is 1. The van der Waals surface area contributed by atoms with Crippen molar-refractivity contribution in [2.75, 3.05) is 31.6 Å². The van der Waals surface area contributed by atoms with Gasteiger partial charge in [-0.15, -0.1) is 0 Å². The summed E-state index contributed by atoms with van der Waals surface area (Å²) in [7, 11) is -1.05. The number of aryl methyl sites for hydroxylation is 2. The van der Waals surface area contributed by atoms with Crippen LogP contribution in [0.1, 0.15) is 30.0 Å². The molecular weight excluding hydrogens is 324 g/mol. The molecule has 0 bridgehead atoms. The van der Waals surface area contributed by atoms with Gasteiger partial charge in [0, 0.05) is 19.1 Å². The van der Waals surface area contributed by atoms with E-state index in [0.29, 0.717) is 26.1 Å². The van der Waals surface area contributed by atoms with Gasteiger partial charge in [0.15, 0.2) is 9.84 Å². The Kier molecular flexibility index (Phi) is 6.04. The molecule has 1 aliphatic rings. The van der Waals surface area contributed by atoms with Crippen molar-refractivity contribution in [2.24, 2.45) is 0 Å². The Morgan fingerprint density at radius 1 is 1.29 bits per heavy atom. The maximum atomic E-state index is 12.6. The molecule has 134 valence electrons. The van der Waals surface area contributed by atoms with Crippen LogP contribution < -0.4 is 0 Å². The zero-order valence-corrected chi connectivity index (χ0v) is 15.9. The molecule has 6 heteroatoms. The molecule has 0 N–H and O–H groups in total. The molecule has 0 spiro atoms. The van der Waals surface area contributed by atoms with Crippen LogP contribution in [0.25, 0.3) is 0 Å². The van der Waals surface area contributed by atoms with Crippen molar-refractivity contribution >= 4 is 15.7 Å². The van der Waals surface area contributed by atoms with Gasteiger partial charge in [0.05, 0.1) is 18.1 Å². The van der Waals surface area contributed by atoms with Gasteiger partial charge in [0.25, 0.3) is 0 Å². The lowest BCUT2D eigenvalue weighted by atomic mass is 10.1. The number of likely N-dealkylation sites (N-methyl/N-ethyl adjacent to an activating group) is 2. The molecule has 0 saturated carbocycles. The monoisotopic (exact) mass is 352 g/mol. The molecule has 2 rings (SSSR count). The number of carbonyl (C=O) groups is 1. The van der Waals surface area contributed by atoms with E-state index in [-0.39, 0.29) is 23.5 Å². The van der Waals surface area contributed by atoms with E-state index in [9.17, 15) is 13.2 Å². The van der Waals surface area contributed by atoms with Crippen molar-refractivity contribution in [1.82, 2.24) is 9.80 Å². The Hall–Kier alpha value is -1.40. The highest BCUT2D eigenvalue weighted by molar-refractivity contribution is 7.91. The Morgan fingerprint density at radius 3 is 2.54 bits per heavy atom. The van der Waals surface area contributed by atoms with Gasteiger partial charge in [-0.3, -0.25) is 9.69 Å². The number of amides is 1. The van der Waals surface area contributed by atoms with Gasteiger partial charge in [-0.1, -0.05) is 23.8 Å². The quantitative estimate of drug-likeness (QED) is 0.783. The first-order valence-electron chi connectivity index (χ1n) is 8.46. The molecule has 0 aromatic heterocycles. The molecule has 0 aliphatic carbocycles. The molecule has 1 heterocycles. The van der Waals surface area contributed by atoms with Crippen molar-refractivity contribution in [1.29, 1.82) is 0 Å². The van der Waals surface area contributed by atoms with Crippen LogP contribution in [0.15, 0.2) is 18.2 Å². The van der Waals surface area contributed by atoms with Crippen LogP contribution in [0.2, 0.25) is 0 Å². The summed E-state index contributed by atoms with van der Waals surface area (Å²) in [5.41, 5.74) is 3.67. The predicted molar refractivity (Wildman–Crippen MR) is 96.7 cm³/mol. The van der Waals surface area contributed by atoms with Crippen molar-refractivity contribution in [2.45, 2.75) is 39.8 Å². The second-order valence-electron chi connectivity index (χ2n) is 6.84. The maximum absolute atomic E-state index is 12.6. The van der Waals surface area contributed by atoms with Crippen LogP contribution in [-0.2, 0) is 21.2 Å². The third kappa shape index (κ3) is 4.80. The van der Waals surface area contributed by atoms with Gasteiger partial charge < -0.3 is 4.90 Å². The van der Waals surface area contributed by atoms with Gasteiger partial charge in [-0.25, -0.2) is 8.42 Å². The molecule has 1 aromatic rings. The topological polar surface area (TPSA) is 57.7 Å². The average molecular weight is 353 g/mol. The third-order valence-corrected chi connectivity index (χ3v) is 6.40. The van der Waals surface area contributed by atoms with E-state index in [1.54, 1.807) is 4.90 Å². The van der Waals surface area contributed by atoms with Gasteiger partial charge in [-0.05, 0) is 45.4 Å². The highest BCUT2D eigenvalue weighted by Crippen LogP contribution is 2.18. The highest BCUT2D eigenvalue weighted by atomic mass is 32.2. The fourth-order valence-corrected chi connectivity index (χ4v) is 5.08. The first-order valence-corrected chi connectivity index (χ1v) is 10.3. The summed E-state index contributed by atoms with van der Waals surface area (Å²) in [5, 5.41) is 0. The lowest BCUT2D eigenvalue weighted by Crippen LogP contribution is -2.45. The second kappa shape index (κ2) is 7.66. The summed E-state index contributed by atoms with van der Waals surface area (Å²) in [5.74, 6) is 0.305. The number of hydrogen-bond acceptors (Lipinski definition) is 4. The van der Waals surface area contributed by atoms with Gasteiger partial charge in [-0.2, -0.15) is 0 Å². The van der Waals surface area contributed by atoms with Crippen molar-refractivity contribution < 1.29 is 13.2 Å². The molecule has 1 saturated heterocycles. The summed E-state index contributed by atoms with van der Waals surface area (Å²) < 4.78 is 23.3. The molecule has 1 aromatic carbocycles.